The smallest absolute Gasteiger partial charge is 0.220 e. The highest BCUT2D eigenvalue weighted by Gasteiger charge is 2.28. The van der Waals surface area contributed by atoms with Gasteiger partial charge in [-0.15, -0.1) is 0 Å². The predicted molar refractivity (Wildman–Crippen MR) is 133 cm³/mol. The Bertz CT molecular complexity index is 1040. The standard InChI is InChI=1S/C27H34N4O3/c1-31(24-6-4-3-5-7-24)19-26-16-23(30-34-26)14-22-18-28-13-12-21(22)15-27(32)29-17-20-8-10-25(33-2)11-9-20/h3-11,16,21-22,28H,12-15,17-19H2,1-2H3,(H,29,32)/t21-,22-/m0/s1. The molecule has 1 aliphatic rings. The van der Waals surface area contributed by atoms with Crippen LogP contribution in [0.4, 0.5) is 5.69 Å². The van der Waals surface area contributed by atoms with E-state index in [4.69, 9.17) is 9.26 Å². The van der Waals surface area contributed by atoms with Gasteiger partial charge in [-0.25, -0.2) is 0 Å². The van der Waals surface area contributed by atoms with Crippen molar-refractivity contribution in [1.29, 1.82) is 0 Å². The van der Waals surface area contributed by atoms with Gasteiger partial charge in [0.25, 0.3) is 0 Å². The Morgan fingerprint density at radius 3 is 2.74 bits per heavy atom. The number of hydrogen-bond acceptors (Lipinski definition) is 6. The largest absolute Gasteiger partial charge is 0.497 e. The van der Waals surface area contributed by atoms with E-state index in [0.717, 1.165) is 54.4 Å². The third kappa shape index (κ3) is 6.60. The highest BCUT2D eigenvalue weighted by atomic mass is 16.5. The van der Waals surface area contributed by atoms with Crippen LogP contribution >= 0.6 is 0 Å². The third-order valence-corrected chi connectivity index (χ3v) is 6.53. The van der Waals surface area contributed by atoms with Gasteiger partial charge < -0.3 is 24.8 Å². The number of para-hydroxylation sites is 1. The Hall–Kier alpha value is -3.32. The molecule has 1 saturated heterocycles. The molecule has 3 aromatic rings. The summed E-state index contributed by atoms with van der Waals surface area (Å²) in [5.41, 5.74) is 3.15. The first-order valence-electron chi connectivity index (χ1n) is 11.9. The molecule has 0 radical (unpaired) electrons. The van der Waals surface area contributed by atoms with E-state index in [2.05, 4.69) is 38.9 Å². The normalized spacial score (nSPS) is 17.8. The van der Waals surface area contributed by atoms with Crippen LogP contribution in [-0.4, -0.2) is 38.3 Å². The van der Waals surface area contributed by atoms with Crippen LogP contribution in [0.2, 0.25) is 0 Å². The van der Waals surface area contributed by atoms with Crippen LogP contribution in [0.25, 0.3) is 0 Å². The molecular weight excluding hydrogens is 428 g/mol. The summed E-state index contributed by atoms with van der Waals surface area (Å²) in [6, 6.07) is 20.1. The summed E-state index contributed by atoms with van der Waals surface area (Å²) in [6.45, 7) is 3.03. The minimum absolute atomic E-state index is 0.0954. The molecule has 0 saturated carbocycles. The van der Waals surface area contributed by atoms with Crippen LogP contribution in [0.15, 0.2) is 65.2 Å². The zero-order chi connectivity index (χ0) is 23.8. The lowest BCUT2D eigenvalue weighted by atomic mass is 9.81. The molecular formula is C27H34N4O3. The minimum atomic E-state index is 0.0954. The van der Waals surface area contributed by atoms with Crippen molar-refractivity contribution in [2.45, 2.75) is 32.4 Å². The maximum Gasteiger partial charge on any atom is 0.220 e. The molecule has 7 heteroatoms. The van der Waals surface area contributed by atoms with E-state index >= 15 is 0 Å². The van der Waals surface area contributed by atoms with Crippen molar-refractivity contribution >= 4 is 11.6 Å². The number of nitrogens with one attached hydrogen (secondary N) is 2. The summed E-state index contributed by atoms with van der Waals surface area (Å²) >= 11 is 0. The van der Waals surface area contributed by atoms with Crippen LogP contribution in [0.5, 0.6) is 5.75 Å². The van der Waals surface area contributed by atoms with Gasteiger partial charge >= 0.3 is 0 Å². The van der Waals surface area contributed by atoms with Gasteiger partial charge in [0.1, 0.15) is 5.75 Å². The predicted octanol–water partition coefficient (Wildman–Crippen LogP) is 3.79. The fraction of sp³-hybridized carbons (Fsp3) is 0.407. The van der Waals surface area contributed by atoms with Crippen LogP contribution in [-0.2, 0) is 24.3 Å². The van der Waals surface area contributed by atoms with Gasteiger partial charge in [-0.1, -0.05) is 35.5 Å². The van der Waals surface area contributed by atoms with Gasteiger partial charge in [-0.2, -0.15) is 0 Å². The molecule has 7 nitrogen and oxygen atoms in total. The fourth-order valence-corrected chi connectivity index (χ4v) is 4.54. The molecule has 0 bridgehead atoms. The summed E-state index contributed by atoms with van der Waals surface area (Å²) in [5.74, 6) is 2.43. The number of rotatable bonds is 10. The number of ether oxygens (including phenoxy) is 1. The first-order chi connectivity index (χ1) is 16.6. The zero-order valence-corrected chi connectivity index (χ0v) is 20.0. The molecule has 2 atom stereocenters. The van der Waals surface area contributed by atoms with Gasteiger partial charge in [0, 0.05) is 31.8 Å². The Labute approximate surface area is 201 Å². The average Bonchev–Trinajstić information content (AvgIpc) is 3.31. The van der Waals surface area contributed by atoms with E-state index < -0.39 is 0 Å². The number of piperidine rings is 1. The minimum Gasteiger partial charge on any atom is -0.497 e. The topological polar surface area (TPSA) is 79.6 Å². The molecule has 1 aliphatic heterocycles. The van der Waals surface area contributed by atoms with E-state index in [1.165, 1.54) is 0 Å². The van der Waals surface area contributed by atoms with Crippen molar-refractivity contribution in [3.63, 3.8) is 0 Å². The quantitative estimate of drug-likeness (QED) is 0.477. The van der Waals surface area contributed by atoms with Crippen molar-refractivity contribution in [3.8, 4) is 5.75 Å². The maximum atomic E-state index is 12.7. The molecule has 0 aliphatic carbocycles. The lowest BCUT2D eigenvalue weighted by Gasteiger charge is -2.31. The van der Waals surface area contributed by atoms with Crippen molar-refractivity contribution in [2.75, 3.05) is 32.1 Å². The summed E-state index contributed by atoms with van der Waals surface area (Å²) in [5, 5.41) is 10.9. The van der Waals surface area contributed by atoms with Crippen molar-refractivity contribution in [2.24, 2.45) is 11.8 Å². The summed E-state index contributed by atoms with van der Waals surface area (Å²) < 4.78 is 10.8. The Balaban J connectivity index is 1.28. The number of anilines is 1. The summed E-state index contributed by atoms with van der Waals surface area (Å²) in [6.07, 6.45) is 2.33. The first-order valence-corrected chi connectivity index (χ1v) is 11.9. The fourth-order valence-electron chi connectivity index (χ4n) is 4.54. The summed E-state index contributed by atoms with van der Waals surface area (Å²) in [7, 11) is 3.69. The van der Waals surface area contributed by atoms with Crippen molar-refractivity contribution < 1.29 is 14.1 Å². The lowest BCUT2D eigenvalue weighted by molar-refractivity contribution is -0.122. The molecule has 0 unspecified atom stereocenters. The second-order valence-corrected chi connectivity index (χ2v) is 9.02. The Morgan fingerprint density at radius 2 is 1.97 bits per heavy atom. The number of benzene rings is 2. The molecule has 180 valence electrons. The van der Waals surface area contributed by atoms with Gasteiger partial charge in [-0.05, 0) is 67.6 Å². The monoisotopic (exact) mass is 462 g/mol. The Morgan fingerprint density at radius 1 is 1.18 bits per heavy atom. The molecule has 2 N–H and O–H groups in total. The molecule has 2 aromatic carbocycles. The van der Waals surface area contributed by atoms with Gasteiger partial charge in [0.15, 0.2) is 5.76 Å². The molecule has 1 aromatic heterocycles. The average molecular weight is 463 g/mol. The number of aromatic nitrogens is 1. The van der Waals surface area contributed by atoms with E-state index in [-0.39, 0.29) is 5.91 Å². The molecule has 34 heavy (non-hydrogen) atoms. The molecule has 0 spiro atoms. The highest BCUT2D eigenvalue weighted by Crippen LogP contribution is 2.26. The number of methoxy groups -OCH3 is 1. The van der Waals surface area contributed by atoms with Crippen LogP contribution in [0.1, 0.15) is 29.9 Å². The van der Waals surface area contributed by atoms with Gasteiger partial charge in [0.2, 0.25) is 5.91 Å². The summed E-state index contributed by atoms with van der Waals surface area (Å²) in [4.78, 5) is 14.8. The number of nitrogens with zero attached hydrogens (tertiary/aromatic N) is 2. The Kier molecular flexibility index (Phi) is 8.20. The van der Waals surface area contributed by atoms with E-state index in [1.807, 2.05) is 49.5 Å². The van der Waals surface area contributed by atoms with E-state index in [1.54, 1.807) is 7.11 Å². The number of amides is 1. The molecule has 1 amide bonds. The van der Waals surface area contributed by atoms with Crippen LogP contribution in [0.3, 0.4) is 0 Å². The highest BCUT2D eigenvalue weighted by molar-refractivity contribution is 5.76. The van der Waals surface area contributed by atoms with Crippen molar-refractivity contribution in [1.82, 2.24) is 15.8 Å². The van der Waals surface area contributed by atoms with Gasteiger partial charge in [0.05, 0.1) is 19.3 Å². The van der Waals surface area contributed by atoms with E-state index in [0.29, 0.717) is 31.3 Å². The second kappa shape index (κ2) is 11.7. The van der Waals surface area contributed by atoms with Crippen LogP contribution in [0, 0.1) is 11.8 Å². The number of carbonyl (C=O) groups excluding carboxylic acids is 1. The van der Waals surface area contributed by atoms with Crippen LogP contribution < -0.4 is 20.3 Å². The second-order valence-electron chi connectivity index (χ2n) is 9.02. The van der Waals surface area contributed by atoms with E-state index in [9.17, 15) is 4.79 Å². The SMILES string of the molecule is COc1ccc(CNC(=O)C[C@@H]2CCNC[C@@H]2Cc2cc(CN(C)c3ccccc3)on2)cc1. The first kappa shape index (κ1) is 23.8. The third-order valence-electron chi connectivity index (χ3n) is 6.53. The van der Waals surface area contributed by atoms with Gasteiger partial charge in [-0.3, -0.25) is 4.79 Å². The van der Waals surface area contributed by atoms with Crippen molar-refractivity contribution in [3.05, 3.63) is 77.7 Å². The number of hydrogen-bond donors (Lipinski definition) is 2. The molecule has 4 rings (SSSR count). The molecule has 2 heterocycles. The molecule has 1 fully saturated rings. The zero-order valence-electron chi connectivity index (χ0n) is 20.0. The maximum absolute atomic E-state index is 12.7. The lowest BCUT2D eigenvalue weighted by Crippen LogP contribution is -2.40. The number of carbonyl (C=O) groups is 1.